The number of methoxy groups -OCH3 is 1. The van der Waals surface area contributed by atoms with Crippen LogP contribution in [0.15, 0.2) is 42.5 Å². The highest BCUT2D eigenvalue weighted by molar-refractivity contribution is 5.40. The number of nitrogens with one attached hydrogen (secondary N) is 1. The number of hydrogen-bond acceptors (Lipinski definition) is 4. The van der Waals surface area contributed by atoms with Gasteiger partial charge in [0, 0.05) is 19.0 Å². The molecule has 4 heteroatoms. The molecule has 0 bridgehead atoms. The van der Waals surface area contributed by atoms with Crippen molar-refractivity contribution in [2.24, 2.45) is 0 Å². The predicted octanol–water partition coefficient (Wildman–Crippen LogP) is 3.40. The molecule has 0 fully saturated rings. The van der Waals surface area contributed by atoms with Crippen molar-refractivity contribution in [1.29, 1.82) is 0 Å². The monoisotopic (exact) mass is 327 g/mol. The number of rotatable bonds is 7. The minimum absolute atomic E-state index is 0.226. The Morgan fingerprint density at radius 1 is 1.17 bits per heavy atom. The predicted molar refractivity (Wildman–Crippen MR) is 94.6 cm³/mol. The van der Waals surface area contributed by atoms with Crippen LogP contribution in [0, 0.1) is 0 Å². The van der Waals surface area contributed by atoms with Crippen LogP contribution >= 0.6 is 0 Å². The molecule has 2 aromatic rings. The molecule has 0 spiro atoms. The summed E-state index contributed by atoms with van der Waals surface area (Å²) in [6.45, 7) is 3.44. The molecule has 128 valence electrons. The maximum Gasteiger partial charge on any atom is 0.122 e. The van der Waals surface area contributed by atoms with Gasteiger partial charge in [0.25, 0.3) is 0 Å². The van der Waals surface area contributed by atoms with Gasteiger partial charge in [0.2, 0.25) is 0 Å². The van der Waals surface area contributed by atoms with Gasteiger partial charge < -0.3 is 19.9 Å². The van der Waals surface area contributed by atoms with Crippen LogP contribution in [-0.2, 0) is 6.42 Å². The van der Waals surface area contributed by atoms with Crippen molar-refractivity contribution in [3.05, 3.63) is 59.2 Å². The normalized spacial score (nSPS) is 15.5. The van der Waals surface area contributed by atoms with E-state index < -0.39 is 6.10 Å². The zero-order chi connectivity index (χ0) is 16.9. The van der Waals surface area contributed by atoms with E-state index in [1.807, 2.05) is 24.3 Å². The lowest BCUT2D eigenvalue weighted by atomic mass is 10.00. The van der Waals surface area contributed by atoms with Crippen LogP contribution in [0.4, 0.5) is 0 Å². The number of benzene rings is 2. The van der Waals surface area contributed by atoms with Crippen LogP contribution in [0.5, 0.6) is 11.5 Å². The quantitative estimate of drug-likeness (QED) is 0.818. The highest BCUT2D eigenvalue weighted by Crippen LogP contribution is 2.29. The molecule has 1 aliphatic rings. The largest absolute Gasteiger partial charge is 0.497 e. The molecule has 0 aliphatic carbocycles. The summed E-state index contributed by atoms with van der Waals surface area (Å²) < 4.78 is 10.7. The van der Waals surface area contributed by atoms with Crippen LogP contribution in [0.1, 0.15) is 42.2 Å². The lowest BCUT2D eigenvalue weighted by Crippen LogP contribution is -2.26. The van der Waals surface area contributed by atoms with Crippen LogP contribution in [0.2, 0.25) is 0 Å². The van der Waals surface area contributed by atoms with Gasteiger partial charge in [-0.1, -0.05) is 31.2 Å². The van der Waals surface area contributed by atoms with Crippen LogP contribution in [0.3, 0.4) is 0 Å². The number of aliphatic hydroxyl groups excluding tert-OH is 1. The maximum absolute atomic E-state index is 10.4. The minimum Gasteiger partial charge on any atom is -0.497 e. The van der Waals surface area contributed by atoms with Crippen LogP contribution < -0.4 is 14.8 Å². The second kappa shape index (κ2) is 7.69. The second-order valence-corrected chi connectivity index (χ2v) is 6.12. The van der Waals surface area contributed by atoms with Crippen molar-refractivity contribution in [2.75, 3.05) is 20.3 Å². The Balaban J connectivity index is 1.62. The fourth-order valence-corrected chi connectivity index (χ4v) is 3.12. The molecular formula is C20H25NO3. The minimum atomic E-state index is -0.539. The maximum atomic E-state index is 10.4. The Labute approximate surface area is 143 Å². The van der Waals surface area contributed by atoms with E-state index in [2.05, 4.69) is 30.4 Å². The molecule has 0 saturated carbocycles. The lowest BCUT2D eigenvalue weighted by molar-refractivity contribution is 0.169. The van der Waals surface area contributed by atoms with Gasteiger partial charge in [-0.3, -0.25) is 0 Å². The molecule has 0 saturated heterocycles. The number of hydrogen-bond donors (Lipinski definition) is 2. The Morgan fingerprint density at radius 2 is 1.92 bits per heavy atom. The van der Waals surface area contributed by atoms with Gasteiger partial charge in [0.05, 0.1) is 19.8 Å². The van der Waals surface area contributed by atoms with E-state index in [0.29, 0.717) is 6.54 Å². The van der Waals surface area contributed by atoms with E-state index in [0.717, 1.165) is 36.5 Å². The standard InChI is InChI=1S/C20H25NO3/c1-3-18(15-6-9-20-16(12-15)10-11-24-20)21-13-19(22)14-4-7-17(23-2)8-5-14/h4-9,12,18-19,21-22H,3,10-11,13H2,1-2H3. The first-order chi connectivity index (χ1) is 11.7. The summed E-state index contributed by atoms with van der Waals surface area (Å²) in [5, 5.41) is 13.9. The van der Waals surface area contributed by atoms with Crippen molar-refractivity contribution in [2.45, 2.75) is 31.9 Å². The fraction of sp³-hybridized carbons (Fsp3) is 0.400. The first-order valence-electron chi connectivity index (χ1n) is 8.52. The Hall–Kier alpha value is -2.04. The van der Waals surface area contributed by atoms with E-state index in [4.69, 9.17) is 9.47 Å². The zero-order valence-electron chi connectivity index (χ0n) is 14.3. The Morgan fingerprint density at radius 3 is 2.62 bits per heavy atom. The SMILES string of the molecule is CCC(NCC(O)c1ccc(OC)cc1)c1ccc2c(c1)CCO2. The van der Waals surface area contributed by atoms with E-state index in [1.54, 1.807) is 7.11 Å². The van der Waals surface area contributed by atoms with Gasteiger partial charge in [0.15, 0.2) is 0 Å². The summed E-state index contributed by atoms with van der Waals surface area (Å²) in [4.78, 5) is 0. The molecular weight excluding hydrogens is 302 g/mol. The highest BCUT2D eigenvalue weighted by Gasteiger charge is 2.17. The summed E-state index contributed by atoms with van der Waals surface area (Å²) >= 11 is 0. The topological polar surface area (TPSA) is 50.7 Å². The highest BCUT2D eigenvalue weighted by atomic mass is 16.5. The number of aliphatic hydroxyl groups is 1. The third-order valence-electron chi connectivity index (χ3n) is 4.58. The molecule has 2 atom stereocenters. The van der Waals surface area contributed by atoms with Gasteiger partial charge in [-0.15, -0.1) is 0 Å². The van der Waals surface area contributed by atoms with Gasteiger partial charge >= 0.3 is 0 Å². The molecule has 2 aromatic carbocycles. The van der Waals surface area contributed by atoms with Crippen molar-refractivity contribution >= 4 is 0 Å². The zero-order valence-corrected chi connectivity index (χ0v) is 14.3. The lowest BCUT2D eigenvalue weighted by Gasteiger charge is -2.21. The van der Waals surface area contributed by atoms with Gasteiger partial charge in [-0.05, 0) is 41.3 Å². The molecule has 0 aromatic heterocycles. The van der Waals surface area contributed by atoms with Crippen LogP contribution in [0.25, 0.3) is 0 Å². The van der Waals surface area contributed by atoms with E-state index >= 15 is 0 Å². The third kappa shape index (κ3) is 3.71. The molecule has 1 aliphatic heterocycles. The molecule has 3 rings (SSSR count). The Bertz CT molecular complexity index is 669. The van der Waals surface area contributed by atoms with Crippen molar-refractivity contribution < 1.29 is 14.6 Å². The van der Waals surface area contributed by atoms with Crippen LogP contribution in [-0.4, -0.2) is 25.4 Å². The first-order valence-corrected chi connectivity index (χ1v) is 8.52. The van der Waals surface area contributed by atoms with E-state index in [9.17, 15) is 5.11 Å². The van der Waals surface area contributed by atoms with Gasteiger partial charge in [-0.2, -0.15) is 0 Å². The molecule has 0 radical (unpaired) electrons. The van der Waals surface area contributed by atoms with Gasteiger partial charge in [0.1, 0.15) is 11.5 Å². The smallest absolute Gasteiger partial charge is 0.122 e. The third-order valence-corrected chi connectivity index (χ3v) is 4.58. The first kappa shape index (κ1) is 16.8. The number of ether oxygens (including phenoxy) is 2. The fourth-order valence-electron chi connectivity index (χ4n) is 3.12. The summed E-state index contributed by atoms with van der Waals surface area (Å²) in [6.07, 6.45) is 1.41. The van der Waals surface area contributed by atoms with E-state index in [-0.39, 0.29) is 6.04 Å². The summed E-state index contributed by atoms with van der Waals surface area (Å²) in [5.41, 5.74) is 3.42. The molecule has 2 unspecified atom stereocenters. The van der Waals surface area contributed by atoms with Gasteiger partial charge in [-0.25, -0.2) is 0 Å². The van der Waals surface area contributed by atoms with E-state index in [1.165, 1.54) is 11.1 Å². The molecule has 24 heavy (non-hydrogen) atoms. The van der Waals surface area contributed by atoms with Crippen molar-refractivity contribution in [3.63, 3.8) is 0 Å². The summed E-state index contributed by atoms with van der Waals surface area (Å²) in [6, 6.07) is 14.2. The van der Waals surface area contributed by atoms with Crippen molar-refractivity contribution in [1.82, 2.24) is 5.32 Å². The summed E-state index contributed by atoms with van der Waals surface area (Å²) in [7, 11) is 1.64. The molecule has 0 amide bonds. The molecule has 2 N–H and O–H groups in total. The second-order valence-electron chi connectivity index (χ2n) is 6.12. The average molecular weight is 327 g/mol. The Kier molecular flexibility index (Phi) is 5.38. The average Bonchev–Trinajstić information content (AvgIpc) is 3.10. The molecule has 1 heterocycles. The van der Waals surface area contributed by atoms with Crippen molar-refractivity contribution in [3.8, 4) is 11.5 Å². The summed E-state index contributed by atoms with van der Waals surface area (Å²) in [5.74, 6) is 1.80. The number of fused-ring (bicyclic) bond motifs is 1. The molecule has 4 nitrogen and oxygen atoms in total.